The molecule has 1 saturated heterocycles. The molecule has 0 bridgehead atoms. The molecule has 1 aromatic rings. The van der Waals surface area contributed by atoms with Crippen molar-refractivity contribution in [2.75, 3.05) is 6.54 Å². The summed E-state index contributed by atoms with van der Waals surface area (Å²) in [5, 5.41) is 9.74. The zero-order chi connectivity index (χ0) is 17.1. The summed E-state index contributed by atoms with van der Waals surface area (Å²) in [4.78, 5) is 26.9. The number of imide groups is 1. The van der Waals surface area contributed by atoms with Gasteiger partial charge in [0, 0.05) is 13.0 Å². The van der Waals surface area contributed by atoms with Gasteiger partial charge in [-0.25, -0.2) is 0 Å². The second-order valence-corrected chi connectivity index (χ2v) is 7.90. The molecule has 1 heterocycles. The van der Waals surface area contributed by atoms with Gasteiger partial charge in [0.2, 0.25) is 11.8 Å². The number of phenols is 1. The van der Waals surface area contributed by atoms with Crippen LogP contribution in [-0.4, -0.2) is 28.4 Å². The predicted molar refractivity (Wildman–Crippen MR) is 90.5 cm³/mol. The standard InChI is InChI=1S/C20H25NO3/c1-3-21-18(23)11-17-16-6-4-12-10-13(22)5-7-14(12)15(16)8-9-20(17,2)19(21)24/h5,7,10,15-17,22H,3-4,6,8-9,11H2,1-2H3/t15?,16?,17?,20-/m0/s1. The largest absolute Gasteiger partial charge is 0.508 e. The van der Waals surface area contributed by atoms with Crippen LogP contribution in [0.1, 0.15) is 56.6 Å². The Bertz CT molecular complexity index is 713. The van der Waals surface area contributed by atoms with Crippen molar-refractivity contribution in [2.24, 2.45) is 17.3 Å². The molecule has 3 unspecified atom stereocenters. The van der Waals surface area contributed by atoms with Crippen LogP contribution in [0.15, 0.2) is 18.2 Å². The number of fused-ring (bicyclic) bond motifs is 5. The summed E-state index contributed by atoms with van der Waals surface area (Å²) in [5.41, 5.74) is 2.17. The lowest BCUT2D eigenvalue weighted by molar-refractivity contribution is -0.167. The first-order valence-corrected chi connectivity index (χ1v) is 9.12. The Morgan fingerprint density at radius 2 is 2.08 bits per heavy atom. The second kappa shape index (κ2) is 5.33. The molecule has 2 amide bonds. The molecule has 1 saturated carbocycles. The van der Waals surface area contributed by atoms with Gasteiger partial charge in [0.1, 0.15) is 5.75 Å². The van der Waals surface area contributed by atoms with Gasteiger partial charge in [-0.2, -0.15) is 0 Å². The van der Waals surface area contributed by atoms with Gasteiger partial charge in [-0.1, -0.05) is 13.0 Å². The first-order valence-electron chi connectivity index (χ1n) is 9.12. The number of aryl methyl sites for hydroxylation is 1. The number of hydrogen-bond donors (Lipinski definition) is 1. The van der Waals surface area contributed by atoms with Crippen molar-refractivity contribution in [2.45, 2.75) is 51.9 Å². The Kier molecular flexibility index (Phi) is 3.48. The highest BCUT2D eigenvalue weighted by Crippen LogP contribution is 2.58. The van der Waals surface area contributed by atoms with Crippen LogP contribution in [0.3, 0.4) is 0 Å². The lowest BCUT2D eigenvalue weighted by atomic mass is 9.52. The molecule has 0 aromatic heterocycles. The van der Waals surface area contributed by atoms with Crippen molar-refractivity contribution in [3.63, 3.8) is 0 Å². The van der Waals surface area contributed by atoms with Gasteiger partial charge in [0.25, 0.3) is 0 Å². The SMILES string of the molecule is CCN1C(=O)CC2C3CCc4cc(O)ccc4C3CC[C@]2(C)C1=O. The van der Waals surface area contributed by atoms with Gasteiger partial charge in [0.15, 0.2) is 0 Å². The summed E-state index contributed by atoms with van der Waals surface area (Å²) in [6, 6.07) is 5.70. The van der Waals surface area contributed by atoms with Crippen LogP contribution in [0.25, 0.3) is 0 Å². The van der Waals surface area contributed by atoms with Crippen molar-refractivity contribution in [3.05, 3.63) is 29.3 Å². The topological polar surface area (TPSA) is 57.6 Å². The van der Waals surface area contributed by atoms with Crippen LogP contribution >= 0.6 is 0 Å². The minimum atomic E-state index is -0.389. The molecule has 0 radical (unpaired) electrons. The molecular formula is C20H25NO3. The van der Waals surface area contributed by atoms with E-state index in [0.29, 0.717) is 30.6 Å². The van der Waals surface area contributed by atoms with E-state index in [2.05, 4.69) is 13.0 Å². The van der Waals surface area contributed by atoms with Gasteiger partial charge >= 0.3 is 0 Å². The maximum Gasteiger partial charge on any atom is 0.235 e. The third kappa shape index (κ3) is 2.04. The number of phenolic OH excluding ortho intramolecular Hbond substituents is 1. The van der Waals surface area contributed by atoms with E-state index in [1.165, 1.54) is 16.0 Å². The molecule has 2 aliphatic carbocycles. The molecule has 4 rings (SSSR count). The first-order chi connectivity index (χ1) is 11.5. The molecule has 1 N–H and O–H groups in total. The molecule has 24 heavy (non-hydrogen) atoms. The van der Waals surface area contributed by atoms with Crippen LogP contribution in [0.2, 0.25) is 0 Å². The van der Waals surface area contributed by atoms with Crippen molar-refractivity contribution < 1.29 is 14.7 Å². The van der Waals surface area contributed by atoms with E-state index in [1.54, 1.807) is 6.07 Å². The smallest absolute Gasteiger partial charge is 0.235 e. The Labute approximate surface area is 142 Å². The summed E-state index contributed by atoms with van der Waals surface area (Å²) in [5.74, 6) is 1.34. The van der Waals surface area contributed by atoms with E-state index in [9.17, 15) is 14.7 Å². The zero-order valence-corrected chi connectivity index (χ0v) is 14.4. The maximum atomic E-state index is 13.0. The number of benzene rings is 1. The normalized spacial score (nSPS) is 35.2. The number of piperidine rings is 1. The summed E-state index contributed by atoms with van der Waals surface area (Å²) < 4.78 is 0. The number of rotatable bonds is 1. The quantitative estimate of drug-likeness (QED) is 0.806. The fourth-order valence-corrected chi connectivity index (χ4v) is 5.57. The second-order valence-electron chi connectivity index (χ2n) is 7.90. The molecule has 2 fully saturated rings. The minimum Gasteiger partial charge on any atom is -0.508 e. The predicted octanol–water partition coefficient (Wildman–Crippen LogP) is 3.23. The van der Waals surface area contributed by atoms with Gasteiger partial charge < -0.3 is 5.11 Å². The number of amides is 2. The van der Waals surface area contributed by atoms with Crippen LogP contribution in [0.4, 0.5) is 0 Å². The Morgan fingerprint density at radius 3 is 2.83 bits per heavy atom. The summed E-state index contributed by atoms with van der Waals surface area (Å²) in [6.45, 7) is 4.45. The molecule has 1 aliphatic heterocycles. The van der Waals surface area contributed by atoms with Crippen LogP contribution < -0.4 is 0 Å². The molecule has 4 heteroatoms. The van der Waals surface area contributed by atoms with Gasteiger partial charge in [-0.3, -0.25) is 14.5 Å². The average molecular weight is 327 g/mol. The Balaban J connectivity index is 1.71. The molecular weight excluding hydrogens is 302 g/mol. The summed E-state index contributed by atoms with van der Waals surface area (Å²) in [7, 11) is 0. The number of carbonyl (C=O) groups is 2. The number of likely N-dealkylation sites (tertiary alicyclic amines) is 1. The van der Waals surface area contributed by atoms with Gasteiger partial charge in [-0.05, 0) is 73.6 Å². The average Bonchev–Trinajstić information content (AvgIpc) is 2.56. The Hall–Kier alpha value is -1.84. The van der Waals surface area contributed by atoms with Gasteiger partial charge in [0.05, 0.1) is 5.41 Å². The number of aromatic hydroxyl groups is 1. The molecule has 4 atom stereocenters. The highest BCUT2D eigenvalue weighted by molar-refractivity contribution is 6.01. The third-order valence-electron chi connectivity index (χ3n) is 6.85. The molecule has 1 aromatic carbocycles. The number of hydrogen-bond acceptors (Lipinski definition) is 3. The van der Waals surface area contributed by atoms with E-state index in [4.69, 9.17) is 0 Å². The lowest BCUT2D eigenvalue weighted by Gasteiger charge is -2.54. The maximum absolute atomic E-state index is 13.0. The van der Waals surface area contributed by atoms with E-state index < -0.39 is 0 Å². The van der Waals surface area contributed by atoms with Crippen molar-refractivity contribution >= 4 is 11.8 Å². The highest BCUT2D eigenvalue weighted by atomic mass is 16.3. The van der Waals surface area contributed by atoms with Crippen molar-refractivity contribution in [3.8, 4) is 5.75 Å². The summed E-state index contributed by atoms with van der Waals surface area (Å²) in [6.07, 6.45) is 4.28. The van der Waals surface area contributed by atoms with Crippen LogP contribution in [0, 0.1) is 17.3 Å². The minimum absolute atomic E-state index is 0.00197. The molecule has 3 aliphatic rings. The van der Waals surface area contributed by atoms with Crippen molar-refractivity contribution in [1.29, 1.82) is 0 Å². The first kappa shape index (κ1) is 15.7. The monoisotopic (exact) mass is 327 g/mol. The number of carbonyl (C=O) groups excluding carboxylic acids is 2. The lowest BCUT2D eigenvalue weighted by Crippen LogP contribution is -2.59. The Morgan fingerprint density at radius 1 is 1.29 bits per heavy atom. The molecule has 128 valence electrons. The molecule has 0 spiro atoms. The number of nitrogens with zero attached hydrogens (tertiary/aromatic N) is 1. The highest BCUT2D eigenvalue weighted by Gasteiger charge is 2.56. The van der Waals surface area contributed by atoms with E-state index in [1.807, 2.05) is 13.0 Å². The van der Waals surface area contributed by atoms with Crippen LogP contribution in [-0.2, 0) is 16.0 Å². The van der Waals surface area contributed by atoms with Crippen LogP contribution in [0.5, 0.6) is 5.75 Å². The van der Waals surface area contributed by atoms with Gasteiger partial charge in [-0.15, -0.1) is 0 Å². The summed E-state index contributed by atoms with van der Waals surface area (Å²) >= 11 is 0. The molecule has 4 nitrogen and oxygen atoms in total. The fourth-order valence-electron chi connectivity index (χ4n) is 5.57. The fraction of sp³-hybridized carbons (Fsp3) is 0.600. The zero-order valence-electron chi connectivity index (χ0n) is 14.4. The van der Waals surface area contributed by atoms with Crippen molar-refractivity contribution in [1.82, 2.24) is 4.90 Å². The van der Waals surface area contributed by atoms with E-state index >= 15 is 0 Å². The van der Waals surface area contributed by atoms with E-state index in [-0.39, 0.29) is 23.1 Å². The third-order valence-corrected chi connectivity index (χ3v) is 6.85. The van der Waals surface area contributed by atoms with E-state index in [0.717, 1.165) is 25.7 Å².